The molecule has 6 rings (SSSR count). The van der Waals surface area contributed by atoms with Gasteiger partial charge in [-0.1, -0.05) is 97.1 Å². The number of aliphatic hydroxyl groups excluding tert-OH is 1. The van der Waals surface area contributed by atoms with E-state index in [0.29, 0.717) is 23.4 Å². The van der Waals surface area contributed by atoms with E-state index in [-0.39, 0.29) is 37.0 Å². The molecule has 6 heteroatoms. The summed E-state index contributed by atoms with van der Waals surface area (Å²) in [4.78, 5) is 15.6. The number of ether oxygens (including phenoxy) is 1. The number of carbonyl (C=O) groups is 1. The molecule has 2 aliphatic rings. The number of nitrogens with zero attached hydrogens (tertiary/aromatic N) is 1. The molecule has 0 radical (unpaired) electrons. The van der Waals surface area contributed by atoms with Crippen molar-refractivity contribution in [2.45, 2.75) is 30.0 Å². The normalized spacial score (nSPS) is 25.0. The van der Waals surface area contributed by atoms with Crippen LogP contribution in [0.4, 0.5) is 0 Å². The molecule has 1 aliphatic heterocycles. The molecule has 1 aliphatic carbocycles. The van der Waals surface area contributed by atoms with E-state index in [1.54, 1.807) is 42.3 Å². The molecule has 1 heterocycles. The van der Waals surface area contributed by atoms with E-state index in [2.05, 4.69) is 24.3 Å². The number of aromatic hydroxyl groups is 1. The molecule has 0 bridgehead atoms. The first-order valence-corrected chi connectivity index (χ1v) is 14.1. The number of aliphatic hydroxyl groups is 2. The molecular weight excluding hydrogens is 514 g/mol. The van der Waals surface area contributed by atoms with E-state index in [4.69, 9.17) is 4.74 Å². The van der Waals surface area contributed by atoms with E-state index in [1.807, 2.05) is 54.6 Å². The molecule has 2 fully saturated rings. The van der Waals surface area contributed by atoms with Crippen LogP contribution in [0.1, 0.15) is 28.7 Å². The highest BCUT2D eigenvalue weighted by atomic mass is 16.5. The van der Waals surface area contributed by atoms with Crippen LogP contribution in [0.25, 0.3) is 0 Å². The number of rotatable bonds is 6. The molecule has 0 spiro atoms. The Balaban J connectivity index is 1.51. The predicted molar refractivity (Wildman–Crippen MR) is 157 cm³/mol. The van der Waals surface area contributed by atoms with Gasteiger partial charge in [0.2, 0.25) is 5.91 Å². The lowest BCUT2D eigenvalue weighted by molar-refractivity contribution is -0.168. The second-order valence-electron chi connectivity index (χ2n) is 11.3. The highest BCUT2D eigenvalue weighted by Gasteiger charge is 2.64. The van der Waals surface area contributed by atoms with E-state index in [0.717, 1.165) is 11.1 Å². The van der Waals surface area contributed by atoms with Crippen LogP contribution in [0, 0.1) is 11.8 Å². The molecule has 4 aromatic rings. The zero-order chi connectivity index (χ0) is 28.6. The van der Waals surface area contributed by atoms with Crippen LogP contribution in [-0.2, 0) is 22.2 Å². The third kappa shape index (κ3) is 4.39. The highest BCUT2D eigenvalue weighted by Crippen LogP contribution is 2.60. The zero-order valence-corrected chi connectivity index (χ0v) is 23.1. The molecule has 1 amide bonds. The van der Waals surface area contributed by atoms with E-state index < -0.39 is 23.0 Å². The smallest absolute Gasteiger partial charge is 0.227 e. The molecule has 3 N–H and O–H groups in total. The number of fused-ring (bicyclic) bond motifs is 1. The van der Waals surface area contributed by atoms with Crippen LogP contribution in [-0.4, -0.2) is 52.4 Å². The molecule has 210 valence electrons. The van der Waals surface area contributed by atoms with Crippen LogP contribution >= 0.6 is 0 Å². The van der Waals surface area contributed by atoms with Gasteiger partial charge < -0.3 is 25.0 Å². The fourth-order valence-corrected chi connectivity index (χ4v) is 7.40. The van der Waals surface area contributed by atoms with Crippen LogP contribution in [0.15, 0.2) is 109 Å². The molecule has 6 nitrogen and oxygen atoms in total. The number of para-hydroxylation sites is 2. The first-order chi connectivity index (χ1) is 19.9. The van der Waals surface area contributed by atoms with Crippen LogP contribution in [0.3, 0.4) is 0 Å². The second kappa shape index (κ2) is 10.7. The monoisotopic (exact) mass is 549 g/mol. The van der Waals surface area contributed by atoms with Crippen molar-refractivity contribution in [3.63, 3.8) is 0 Å². The van der Waals surface area contributed by atoms with Crippen molar-refractivity contribution in [2.24, 2.45) is 11.8 Å². The largest absolute Gasteiger partial charge is 0.508 e. The van der Waals surface area contributed by atoms with Crippen LogP contribution in [0.2, 0.25) is 0 Å². The molecule has 0 aromatic heterocycles. The number of phenolic OH excluding ortho intramolecular Hbond substituents is 1. The minimum atomic E-state index is -1.66. The highest BCUT2D eigenvalue weighted by molar-refractivity contribution is 5.80. The minimum absolute atomic E-state index is 0.0471. The number of likely N-dealkylation sites (tertiary alicyclic amines) is 1. The Labute approximate surface area is 240 Å². The maximum atomic E-state index is 13.8. The summed E-state index contributed by atoms with van der Waals surface area (Å²) in [5.41, 5.74) is 0.841. The third-order valence-electron chi connectivity index (χ3n) is 9.34. The molecule has 41 heavy (non-hydrogen) atoms. The number of hydrogen-bond donors (Lipinski definition) is 3. The lowest BCUT2D eigenvalue weighted by Gasteiger charge is -2.55. The number of benzene rings is 4. The molecule has 4 unspecified atom stereocenters. The standard InChI is InChI=1S/C35H35NO5/c1-41-31-19-11-9-17-27(31)35(40)29-23-36(33(39)20-24-12-8-10-18-30(24)37)22-28(29)34(21-32(35)38,25-13-4-2-5-14-25)26-15-6-3-7-16-26/h2-19,28-29,32,37-38,40H,20-23H2,1H3. The van der Waals surface area contributed by atoms with Crippen LogP contribution < -0.4 is 4.74 Å². The SMILES string of the molecule is COc1ccccc1C1(O)C(O)CC(c2ccccc2)(c2ccccc2)C2CN(C(=O)Cc3ccccc3O)CC21. The second-order valence-corrected chi connectivity index (χ2v) is 11.3. The van der Waals surface area contributed by atoms with E-state index >= 15 is 0 Å². The minimum Gasteiger partial charge on any atom is -0.508 e. The van der Waals surface area contributed by atoms with E-state index in [1.165, 1.54) is 0 Å². The number of carbonyl (C=O) groups excluding carboxylic acids is 1. The first-order valence-electron chi connectivity index (χ1n) is 14.1. The lowest BCUT2D eigenvalue weighted by atomic mass is 9.51. The Bertz CT molecular complexity index is 1480. The first kappa shape index (κ1) is 27.1. The Kier molecular flexibility index (Phi) is 7.06. The Morgan fingerprint density at radius 1 is 0.829 bits per heavy atom. The summed E-state index contributed by atoms with van der Waals surface area (Å²) in [5.74, 6) is -0.275. The maximum absolute atomic E-state index is 13.8. The molecule has 1 saturated heterocycles. The summed E-state index contributed by atoms with van der Waals surface area (Å²) in [6.45, 7) is 0.648. The summed E-state index contributed by atoms with van der Waals surface area (Å²) in [7, 11) is 1.56. The van der Waals surface area contributed by atoms with Crippen molar-refractivity contribution in [2.75, 3.05) is 20.2 Å². The fraction of sp³-hybridized carbons (Fsp3) is 0.286. The summed E-state index contributed by atoms with van der Waals surface area (Å²) in [6.07, 6.45) is -0.836. The van der Waals surface area contributed by atoms with Gasteiger partial charge in [0.1, 0.15) is 17.1 Å². The Morgan fingerprint density at radius 3 is 2.02 bits per heavy atom. The maximum Gasteiger partial charge on any atom is 0.227 e. The van der Waals surface area contributed by atoms with Gasteiger partial charge in [-0.25, -0.2) is 0 Å². The average molecular weight is 550 g/mol. The topological polar surface area (TPSA) is 90.2 Å². The predicted octanol–water partition coefficient (Wildman–Crippen LogP) is 4.66. The third-order valence-corrected chi connectivity index (χ3v) is 9.34. The number of phenols is 1. The van der Waals surface area contributed by atoms with Crippen molar-refractivity contribution < 1.29 is 24.9 Å². The van der Waals surface area contributed by atoms with Gasteiger partial charge in [0.15, 0.2) is 0 Å². The van der Waals surface area contributed by atoms with Crippen molar-refractivity contribution in [1.29, 1.82) is 0 Å². The van der Waals surface area contributed by atoms with Gasteiger partial charge in [-0.3, -0.25) is 4.79 Å². The van der Waals surface area contributed by atoms with Crippen LogP contribution in [0.5, 0.6) is 11.5 Å². The number of hydrogen-bond acceptors (Lipinski definition) is 5. The number of methoxy groups -OCH3 is 1. The van der Waals surface area contributed by atoms with E-state index in [9.17, 15) is 20.1 Å². The fourth-order valence-electron chi connectivity index (χ4n) is 7.40. The van der Waals surface area contributed by atoms with Gasteiger partial charge in [-0.15, -0.1) is 0 Å². The summed E-state index contributed by atoms with van der Waals surface area (Å²) < 4.78 is 5.67. The van der Waals surface area contributed by atoms with Crippen molar-refractivity contribution in [3.05, 3.63) is 131 Å². The molecular formula is C35H35NO5. The van der Waals surface area contributed by atoms with Gasteiger partial charge in [0.05, 0.1) is 19.6 Å². The van der Waals surface area contributed by atoms with Crippen molar-refractivity contribution >= 4 is 5.91 Å². The summed E-state index contributed by atoms with van der Waals surface area (Å²) in [6, 6.07) is 34.4. The van der Waals surface area contributed by atoms with Gasteiger partial charge in [0, 0.05) is 35.5 Å². The van der Waals surface area contributed by atoms with Gasteiger partial charge >= 0.3 is 0 Å². The number of amides is 1. The zero-order valence-electron chi connectivity index (χ0n) is 23.1. The molecule has 1 saturated carbocycles. The lowest BCUT2D eigenvalue weighted by Crippen LogP contribution is -2.60. The average Bonchev–Trinajstić information content (AvgIpc) is 3.48. The quantitative estimate of drug-likeness (QED) is 0.326. The van der Waals surface area contributed by atoms with Gasteiger partial charge in [-0.05, 0) is 35.6 Å². The van der Waals surface area contributed by atoms with Crippen molar-refractivity contribution in [1.82, 2.24) is 4.90 Å². The summed E-state index contributed by atoms with van der Waals surface area (Å²) >= 11 is 0. The molecule has 4 aromatic carbocycles. The Morgan fingerprint density at radius 2 is 1.39 bits per heavy atom. The van der Waals surface area contributed by atoms with Gasteiger partial charge in [-0.2, -0.15) is 0 Å². The summed E-state index contributed by atoms with van der Waals surface area (Å²) in [5, 5.41) is 35.1. The van der Waals surface area contributed by atoms with Gasteiger partial charge in [0.25, 0.3) is 0 Å². The molecule has 4 atom stereocenters. The Hall–Kier alpha value is -4.13. The van der Waals surface area contributed by atoms with Crippen molar-refractivity contribution in [3.8, 4) is 11.5 Å².